The molecule has 6 nitrogen and oxygen atoms in total. The molecule has 2 aromatic rings. The number of hydrogen-bond donors (Lipinski definition) is 1. The number of amides is 2. The van der Waals surface area contributed by atoms with Crippen LogP contribution in [0.2, 0.25) is 0 Å². The number of hydrogen-bond acceptors (Lipinski definition) is 4. The topological polar surface area (TPSA) is 67.9 Å². The summed E-state index contributed by atoms with van der Waals surface area (Å²) in [5, 5.41) is 3.03. The number of nitrogens with zero attached hydrogens (tertiary/aromatic N) is 1. The first-order valence-corrected chi connectivity index (χ1v) is 9.79. The van der Waals surface area contributed by atoms with Crippen molar-refractivity contribution in [3.05, 3.63) is 47.5 Å². The van der Waals surface area contributed by atoms with Crippen molar-refractivity contribution in [1.29, 1.82) is 0 Å². The van der Waals surface area contributed by atoms with Crippen molar-refractivity contribution in [2.45, 2.75) is 33.1 Å². The van der Waals surface area contributed by atoms with Crippen LogP contribution in [0.15, 0.2) is 36.4 Å². The maximum atomic E-state index is 13.2. The molecule has 0 aliphatic carbocycles. The Bertz CT molecular complexity index is 923. The van der Waals surface area contributed by atoms with E-state index in [1.54, 1.807) is 26.0 Å². The Morgan fingerprint density at radius 2 is 1.76 bits per heavy atom. The molecule has 0 saturated carbocycles. The third-order valence-corrected chi connectivity index (χ3v) is 5.34. The minimum Gasteiger partial charge on any atom is -0.493 e. The Balaban J connectivity index is 1.86. The van der Waals surface area contributed by atoms with E-state index in [9.17, 15) is 9.59 Å². The molecule has 2 amide bonds. The highest BCUT2D eigenvalue weighted by atomic mass is 16.5. The summed E-state index contributed by atoms with van der Waals surface area (Å²) in [6.45, 7) is 6.27. The molecule has 6 heteroatoms. The second-order valence-corrected chi connectivity index (χ2v) is 7.59. The van der Waals surface area contributed by atoms with Gasteiger partial charge < -0.3 is 19.7 Å². The molecule has 0 spiro atoms. The number of anilines is 2. The summed E-state index contributed by atoms with van der Waals surface area (Å²) < 4.78 is 10.7. The second kappa shape index (κ2) is 8.55. The lowest BCUT2D eigenvalue weighted by atomic mass is 9.87. The molecule has 29 heavy (non-hydrogen) atoms. The van der Waals surface area contributed by atoms with Crippen molar-refractivity contribution in [3.8, 4) is 11.5 Å². The van der Waals surface area contributed by atoms with Crippen molar-refractivity contribution in [2.24, 2.45) is 5.92 Å². The normalized spacial score (nSPS) is 13.8. The summed E-state index contributed by atoms with van der Waals surface area (Å²) >= 11 is 0. The minimum atomic E-state index is -0.355. The Morgan fingerprint density at radius 1 is 1.03 bits per heavy atom. The van der Waals surface area contributed by atoms with E-state index in [0.29, 0.717) is 23.7 Å². The lowest BCUT2D eigenvalue weighted by Crippen LogP contribution is -2.27. The molecule has 0 fully saturated rings. The minimum absolute atomic E-state index is 0.0117. The molecule has 0 aromatic heterocycles. The van der Waals surface area contributed by atoms with E-state index < -0.39 is 0 Å². The molecule has 1 unspecified atom stereocenters. The lowest BCUT2D eigenvalue weighted by molar-refractivity contribution is -0.118. The number of carbonyl (C=O) groups is 2. The van der Waals surface area contributed by atoms with Gasteiger partial charge in [0.05, 0.1) is 20.1 Å². The third kappa shape index (κ3) is 4.21. The second-order valence-electron chi connectivity index (χ2n) is 7.59. The number of fused-ring (bicyclic) bond motifs is 1. The van der Waals surface area contributed by atoms with Crippen LogP contribution in [-0.4, -0.2) is 32.6 Å². The SMILES string of the molecule is COc1ccc(C(C(=O)Nc2ccc3c(c2)N(C(C)=O)CC3)C(C)C)cc1OC. The van der Waals surface area contributed by atoms with Gasteiger partial charge in [0.2, 0.25) is 11.8 Å². The fourth-order valence-corrected chi connectivity index (χ4v) is 3.89. The molecule has 1 heterocycles. The molecule has 3 rings (SSSR count). The van der Waals surface area contributed by atoms with Gasteiger partial charge in [0, 0.05) is 24.8 Å². The van der Waals surface area contributed by atoms with Gasteiger partial charge in [0.1, 0.15) is 0 Å². The highest BCUT2D eigenvalue weighted by molar-refractivity contribution is 5.98. The Kier molecular flexibility index (Phi) is 6.11. The number of methoxy groups -OCH3 is 2. The number of ether oxygens (including phenoxy) is 2. The molecular weight excluding hydrogens is 368 g/mol. The molecule has 1 aliphatic heterocycles. The van der Waals surface area contributed by atoms with Gasteiger partial charge in [-0.1, -0.05) is 26.0 Å². The summed E-state index contributed by atoms with van der Waals surface area (Å²) in [6.07, 6.45) is 0.837. The predicted octanol–water partition coefficient (Wildman–Crippen LogP) is 3.99. The Labute approximate surface area is 171 Å². The van der Waals surface area contributed by atoms with Crippen LogP contribution >= 0.6 is 0 Å². The molecule has 0 radical (unpaired) electrons. The fourth-order valence-electron chi connectivity index (χ4n) is 3.89. The van der Waals surface area contributed by atoms with Crippen LogP contribution in [0.4, 0.5) is 11.4 Å². The van der Waals surface area contributed by atoms with Gasteiger partial charge in [-0.2, -0.15) is 0 Å². The zero-order chi connectivity index (χ0) is 21.1. The smallest absolute Gasteiger partial charge is 0.232 e. The molecule has 0 bridgehead atoms. The van der Waals surface area contributed by atoms with Gasteiger partial charge in [0.25, 0.3) is 0 Å². The quantitative estimate of drug-likeness (QED) is 0.802. The van der Waals surface area contributed by atoms with Crippen molar-refractivity contribution >= 4 is 23.2 Å². The summed E-state index contributed by atoms with van der Waals surface area (Å²) in [4.78, 5) is 26.8. The van der Waals surface area contributed by atoms with E-state index in [2.05, 4.69) is 5.32 Å². The van der Waals surface area contributed by atoms with E-state index in [-0.39, 0.29) is 23.7 Å². The summed E-state index contributed by atoms with van der Waals surface area (Å²) in [5.74, 6) is 0.862. The van der Waals surface area contributed by atoms with Gasteiger partial charge in [-0.25, -0.2) is 0 Å². The van der Waals surface area contributed by atoms with Crippen LogP contribution < -0.4 is 19.7 Å². The van der Waals surface area contributed by atoms with Crippen LogP contribution in [0.3, 0.4) is 0 Å². The van der Waals surface area contributed by atoms with E-state index >= 15 is 0 Å². The maximum Gasteiger partial charge on any atom is 0.232 e. The molecule has 2 aromatic carbocycles. The van der Waals surface area contributed by atoms with Crippen LogP contribution in [0.25, 0.3) is 0 Å². The van der Waals surface area contributed by atoms with Crippen LogP contribution in [0, 0.1) is 5.92 Å². The molecule has 0 saturated heterocycles. The number of carbonyl (C=O) groups excluding carboxylic acids is 2. The van der Waals surface area contributed by atoms with Crippen LogP contribution in [0.5, 0.6) is 11.5 Å². The summed E-state index contributed by atoms with van der Waals surface area (Å²) in [5.41, 5.74) is 3.55. The van der Waals surface area contributed by atoms with Crippen molar-refractivity contribution in [3.63, 3.8) is 0 Å². The lowest BCUT2D eigenvalue weighted by Gasteiger charge is -2.22. The third-order valence-electron chi connectivity index (χ3n) is 5.34. The molecule has 1 N–H and O–H groups in total. The Morgan fingerprint density at radius 3 is 2.38 bits per heavy atom. The number of nitrogens with one attached hydrogen (secondary N) is 1. The number of benzene rings is 2. The fraction of sp³-hybridized carbons (Fsp3) is 0.391. The van der Waals surface area contributed by atoms with Crippen molar-refractivity contribution in [2.75, 3.05) is 31.0 Å². The predicted molar refractivity (Wildman–Crippen MR) is 114 cm³/mol. The summed E-state index contributed by atoms with van der Waals surface area (Å²) in [6, 6.07) is 11.3. The van der Waals surface area contributed by atoms with Crippen molar-refractivity contribution in [1.82, 2.24) is 0 Å². The van der Waals surface area contributed by atoms with E-state index in [1.807, 2.05) is 50.2 Å². The van der Waals surface area contributed by atoms with Gasteiger partial charge in [-0.3, -0.25) is 9.59 Å². The van der Waals surface area contributed by atoms with E-state index in [0.717, 1.165) is 23.2 Å². The van der Waals surface area contributed by atoms with Crippen LogP contribution in [0.1, 0.15) is 37.8 Å². The largest absolute Gasteiger partial charge is 0.493 e. The standard InChI is InChI=1S/C23H28N2O4/c1-14(2)22(17-7-9-20(28-4)21(12-17)29-5)23(27)24-18-8-6-16-10-11-25(15(3)26)19(16)13-18/h6-9,12-14,22H,10-11H2,1-5H3,(H,24,27). The average Bonchev–Trinajstić information content (AvgIpc) is 3.11. The molecule has 1 aliphatic rings. The monoisotopic (exact) mass is 396 g/mol. The number of rotatable bonds is 6. The highest BCUT2D eigenvalue weighted by Crippen LogP contribution is 2.35. The molecule has 154 valence electrons. The van der Waals surface area contributed by atoms with E-state index in [4.69, 9.17) is 9.47 Å². The van der Waals surface area contributed by atoms with Gasteiger partial charge in [-0.05, 0) is 47.7 Å². The first kappa shape index (κ1) is 20.7. The molecular formula is C23H28N2O4. The average molecular weight is 396 g/mol. The first-order chi connectivity index (χ1) is 13.8. The zero-order valence-corrected chi connectivity index (χ0v) is 17.6. The van der Waals surface area contributed by atoms with Gasteiger partial charge >= 0.3 is 0 Å². The molecule has 1 atom stereocenters. The van der Waals surface area contributed by atoms with Gasteiger partial charge in [0.15, 0.2) is 11.5 Å². The van der Waals surface area contributed by atoms with Gasteiger partial charge in [-0.15, -0.1) is 0 Å². The Hall–Kier alpha value is -3.02. The van der Waals surface area contributed by atoms with E-state index in [1.165, 1.54) is 0 Å². The highest BCUT2D eigenvalue weighted by Gasteiger charge is 2.27. The summed E-state index contributed by atoms with van der Waals surface area (Å²) in [7, 11) is 3.17. The maximum absolute atomic E-state index is 13.2. The first-order valence-electron chi connectivity index (χ1n) is 9.79. The van der Waals surface area contributed by atoms with Crippen molar-refractivity contribution < 1.29 is 19.1 Å². The van der Waals surface area contributed by atoms with Crippen LogP contribution in [-0.2, 0) is 16.0 Å². The zero-order valence-electron chi connectivity index (χ0n) is 17.6.